The lowest BCUT2D eigenvalue weighted by atomic mass is 10.0. The number of carbonyl (C=O) groups excluding carboxylic acids is 2. The van der Waals surface area contributed by atoms with Gasteiger partial charge >= 0.3 is 11.9 Å². The summed E-state index contributed by atoms with van der Waals surface area (Å²) in [6.07, 6.45) is -18.1. The molecule has 0 radical (unpaired) electrons. The van der Waals surface area contributed by atoms with Gasteiger partial charge in [0.1, 0.15) is 36.6 Å². The molecule has 0 rings (SSSR count). The van der Waals surface area contributed by atoms with E-state index in [0.717, 1.165) is 0 Å². The first-order chi connectivity index (χ1) is 15.4. The van der Waals surface area contributed by atoms with Crippen molar-refractivity contribution < 1.29 is 70.1 Å². The second-order valence-electron chi connectivity index (χ2n) is 7.19. The van der Waals surface area contributed by atoms with Crippen molar-refractivity contribution in [1.82, 2.24) is 0 Å². The van der Waals surface area contributed by atoms with E-state index in [1.54, 1.807) is 0 Å². The van der Waals surface area contributed by atoms with Crippen LogP contribution in [-0.4, -0.2) is 137 Å². The van der Waals surface area contributed by atoms with Gasteiger partial charge in [-0.3, -0.25) is 0 Å². The van der Waals surface area contributed by atoms with E-state index in [1.165, 1.54) is 0 Å². The SMILES string of the molecule is O=C(OC(CCCCCCl)OC(=O)[C@H](O)[C@@H](O)[C@H](O)[C@H](O)CO)[C@H](O)[C@@H](O)[C@H](O)[C@H](O)CO. The van der Waals surface area contributed by atoms with E-state index < -0.39 is 80.3 Å². The Labute approximate surface area is 194 Å². The van der Waals surface area contributed by atoms with E-state index in [1.807, 2.05) is 0 Å². The number of aliphatic hydroxyl groups is 10. The van der Waals surface area contributed by atoms with Crippen molar-refractivity contribution in [3.63, 3.8) is 0 Å². The summed E-state index contributed by atoms with van der Waals surface area (Å²) in [5.41, 5.74) is 0. The van der Waals surface area contributed by atoms with Gasteiger partial charge in [0.05, 0.1) is 13.2 Å². The Morgan fingerprint density at radius 3 is 1.36 bits per heavy atom. The van der Waals surface area contributed by atoms with Gasteiger partial charge in [-0.05, 0) is 12.8 Å². The smallest absolute Gasteiger partial charge is 0.340 e. The molecule has 0 heterocycles. The normalized spacial score (nSPS) is 19.2. The van der Waals surface area contributed by atoms with Crippen LogP contribution < -0.4 is 0 Å². The third-order valence-corrected chi connectivity index (χ3v) is 4.83. The highest BCUT2D eigenvalue weighted by molar-refractivity contribution is 6.17. The Morgan fingerprint density at radius 1 is 0.636 bits per heavy atom. The zero-order chi connectivity index (χ0) is 25.7. The zero-order valence-electron chi connectivity index (χ0n) is 17.6. The molecule has 0 aromatic carbocycles. The van der Waals surface area contributed by atoms with E-state index in [-0.39, 0.29) is 12.8 Å². The average molecular weight is 509 g/mol. The Morgan fingerprint density at radius 2 is 1.03 bits per heavy atom. The minimum Gasteiger partial charge on any atom is -0.423 e. The Hall–Kier alpha value is -1.17. The molecule has 33 heavy (non-hydrogen) atoms. The van der Waals surface area contributed by atoms with Gasteiger partial charge in [-0.15, -0.1) is 11.6 Å². The number of halogens is 1. The molecule has 0 aliphatic carbocycles. The summed E-state index contributed by atoms with van der Waals surface area (Å²) in [5.74, 6) is -2.86. The molecule has 0 unspecified atom stereocenters. The van der Waals surface area contributed by atoms with Crippen molar-refractivity contribution >= 4 is 23.5 Å². The van der Waals surface area contributed by atoms with Gasteiger partial charge in [-0.2, -0.15) is 0 Å². The third-order valence-electron chi connectivity index (χ3n) is 4.56. The number of esters is 2. The summed E-state index contributed by atoms with van der Waals surface area (Å²) in [6, 6.07) is 0. The van der Waals surface area contributed by atoms with Gasteiger partial charge < -0.3 is 60.5 Å². The van der Waals surface area contributed by atoms with E-state index in [0.29, 0.717) is 18.7 Å². The van der Waals surface area contributed by atoms with Crippen molar-refractivity contribution in [2.24, 2.45) is 0 Å². The van der Waals surface area contributed by atoms with Crippen LogP contribution in [0.3, 0.4) is 0 Å². The standard InChI is InChI=1S/C18H33ClO14/c19-5-3-1-2-4-10(32-17(30)15(28)13(26)11(24)8(22)6-20)33-18(31)16(29)14(27)12(25)9(23)7-21/h8-16,20-29H,1-7H2/t8-,9-,11-,12-,13+,14+,15-,16-/m1/s1. The van der Waals surface area contributed by atoms with Gasteiger partial charge in [0.2, 0.25) is 6.29 Å². The topological polar surface area (TPSA) is 255 Å². The predicted molar refractivity (Wildman–Crippen MR) is 107 cm³/mol. The largest absolute Gasteiger partial charge is 0.423 e. The second kappa shape index (κ2) is 16.5. The summed E-state index contributed by atoms with van der Waals surface area (Å²) in [4.78, 5) is 24.2. The summed E-state index contributed by atoms with van der Waals surface area (Å²) in [7, 11) is 0. The monoisotopic (exact) mass is 508 g/mol. The highest BCUT2D eigenvalue weighted by Crippen LogP contribution is 2.15. The van der Waals surface area contributed by atoms with E-state index >= 15 is 0 Å². The quantitative estimate of drug-likeness (QED) is 0.0382. The molecule has 15 heteroatoms. The molecule has 8 atom stereocenters. The summed E-state index contributed by atoms with van der Waals surface area (Å²) < 4.78 is 9.56. The van der Waals surface area contributed by atoms with Crippen LogP contribution in [0.2, 0.25) is 0 Å². The fourth-order valence-corrected chi connectivity index (χ4v) is 2.64. The van der Waals surface area contributed by atoms with Crippen LogP contribution in [-0.2, 0) is 19.1 Å². The number of carbonyl (C=O) groups is 2. The van der Waals surface area contributed by atoms with Crippen LogP contribution >= 0.6 is 11.6 Å². The lowest BCUT2D eigenvalue weighted by Crippen LogP contribution is -2.51. The molecule has 14 nitrogen and oxygen atoms in total. The molecule has 0 saturated heterocycles. The molecule has 10 N–H and O–H groups in total. The van der Waals surface area contributed by atoms with Crippen LogP contribution in [0.25, 0.3) is 0 Å². The molecule has 0 aromatic rings. The van der Waals surface area contributed by atoms with Crippen LogP contribution in [0.5, 0.6) is 0 Å². The summed E-state index contributed by atoms with van der Waals surface area (Å²) >= 11 is 5.56. The van der Waals surface area contributed by atoms with Gasteiger partial charge in [-0.25, -0.2) is 9.59 Å². The fourth-order valence-electron chi connectivity index (χ4n) is 2.45. The molecule has 0 saturated carbocycles. The number of rotatable bonds is 17. The molecule has 196 valence electrons. The number of aliphatic hydroxyl groups excluding tert-OH is 10. The summed E-state index contributed by atoms with van der Waals surface area (Å²) in [6.45, 7) is -1.98. The molecule has 0 amide bonds. The lowest BCUT2D eigenvalue weighted by molar-refractivity contribution is -0.211. The first kappa shape index (κ1) is 31.8. The van der Waals surface area contributed by atoms with Crippen LogP contribution in [0.4, 0.5) is 0 Å². The highest BCUT2D eigenvalue weighted by Gasteiger charge is 2.39. The molecule has 0 fully saturated rings. The van der Waals surface area contributed by atoms with Gasteiger partial charge in [0, 0.05) is 12.3 Å². The lowest BCUT2D eigenvalue weighted by Gasteiger charge is -2.27. The Kier molecular flexibility index (Phi) is 15.9. The van der Waals surface area contributed by atoms with E-state index in [9.17, 15) is 50.4 Å². The van der Waals surface area contributed by atoms with Crippen molar-refractivity contribution in [2.75, 3.05) is 19.1 Å². The molecule has 0 spiro atoms. The molecular weight excluding hydrogens is 476 g/mol. The predicted octanol–water partition coefficient (Wildman–Crippen LogP) is -4.93. The Bertz CT molecular complexity index is 524. The first-order valence-electron chi connectivity index (χ1n) is 10.1. The minimum absolute atomic E-state index is 0.177. The van der Waals surface area contributed by atoms with Crippen molar-refractivity contribution in [2.45, 2.75) is 80.8 Å². The number of ether oxygens (including phenoxy) is 2. The second-order valence-corrected chi connectivity index (χ2v) is 7.57. The van der Waals surface area contributed by atoms with Crippen molar-refractivity contribution in [1.29, 1.82) is 0 Å². The fraction of sp³-hybridized carbons (Fsp3) is 0.889. The van der Waals surface area contributed by atoms with E-state index in [2.05, 4.69) is 0 Å². The van der Waals surface area contributed by atoms with Gasteiger partial charge in [-0.1, -0.05) is 6.42 Å². The van der Waals surface area contributed by atoms with Crippen LogP contribution in [0.15, 0.2) is 0 Å². The average Bonchev–Trinajstić information content (AvgIpc) is 2.82. The minimum atomic E-state index is -2.43. The van der Waals surface area contributed by atoms with Crippen LogP contribution in [0.1, 0.15) is 25.7 Å². The number of alkyl halides is 1. The molecule has 0 aromatic heterocycles. The molecule has 0 bridgehead atoms. The highest BCUT2D eigenvalue weighted by atomic mass is 35.5. The molecule has 0 aliphatic rings. The zero-order valence-corrected chi connectivity index (χ0v) is 18.4. The van der Waals surface area contributed by atoms with Gasteiger partial charge in [0.25, 0.3) is 0 Å². The maximum absolute atomic E-state index is 12.1. The number of hydrogen-bond acceptors (Lipinski definition) is 14. The number of hydrogen-bond donors (Lipinski definition) is 10. The van der Waals surface area contributed by atoms with Crippen LogP contribution in [0, 0.1) is 0 Å². The maximum atomic E-state index is 12.1. The van der Waals surface area contributed by atoms with Gasteiger partial charge in [0.15, 0.2) is 12.2 Å². The first-order valence-corrected chi connectivity index (χ1v) is 10.6. The number of unbranched alkanes of at least 4 members (excludes halogenated alkanes) is 2. The van der Waals surface area contributed by atoms with E-state index in [4.69, 9.17) is 31.3 Å². The Balaban J connectivity index is 5.23. The van der Waals surface area contributed by atoms with Crippen molar-refractivity contribution in [3.05, 3.63) is 0 Å². The van der Waals surface area contributed by atoms with Crippen molar-refractivity contribution in [3.8, 4) is 0 Å². The molecular formula is C18H33ClO14. The third kappa shape index (κ3) is 10.7. The summed E-state index contributed by atoms with van der Waals surface area (Å²) in [5, 5.41) is 94.5. The molecule has 0 aliphatic heterocycles. The maximum Gasteiger partial charge on any atom is 0.340 e.